The van der Waals surface area contributed by atoms with Crippen molar-refractivity contribution in [3.63, 3.8) is 0 Å². The van der Waals surface area contributed by atoms with E-state index >= 15 is 0 Å². The van der Waals surface area contributed by atoms with Crippen LogP contribution in [-0.2, 0) is 12.8 Å². The summed E-state index contributed by atoms with van der Waals surface area (Å²) in [4.78, 5) is 16.8. The molecule has 0 aromatic carbocycles. The van der Waals surface area contributed by atoms with Gasteiger partial charge in [0.15, 0.2) is 0 Å². The average Bonchev–Trinajstić information content (AvgIpc) is 3.01. The molecule has 2 N–H and O–H groups in total. The summed E-state index contributed by atoms with van der Waals surface area (Å²) in [7, 11) is 0. The van der Waals surface area contributed by atoms with E-state index in [-0.39, 0.29) is 23.7 Å². The molecule has 106 valence electrons. The van der Waals surface area contributed by atoms with Gasteiger partial charge in [0.1, 0.15) is 0 Å². The maximum absolute atomic E-state index is 12.5. The first-order valence-electron chi connectivity index (χ1n) is 6.72. The lowest BCUT2D eigenvalue weighted by Gasteiger charge is -2.22. The van der Waals surface area contributed by atoms with Crippen molar-refractivity contribution in [1.82, 2.24) is 4.90 Å². The molecule has 1 fully saturated rings. The predicted octanol–water partition coefficient (Wildman–Crippen LogP) is 2.47. The second-order valence-corrected chi connectivity index (χ2v) is 7.04. The Hall–Kier alpha value is -0.580. The molecule has 1 aromatic heterocycles. The van der Waals surface area contributed by atoms with Gasteiger partial charge in [-0.05, 0) is 49.3 Å². The molecule has 1 saturated heterocycles. The minimum atomic E-state index is 0. The third-order valence-corrected chi connectivity index (χ3v) is 5.52. The summed E-state index contributed by atoms with van der Waals surface area (Å²) in [6.07, 6.45) is 4.60. The highest BCUT2D eigenvalue weighted by Gasteiger charge is 2.35. The average molecular weight is 301 g/mol. The van der Waals surface area contributed by atoms with Crippen molar-refractivity contribution < 1.29 is 4.79 Å². The number of amides is 1. The number of rotatable bonds is 2. The Morgan fingerprint density at radius 1 is 1.53 bits per heavy atom. The first kappa shape index (κ1) is 14.8. The molecular formula is C14H21ClN2OS. The highest BCUT2D eigenvalue weighted by Crippen LogP contribution is 2.34. The zero-order chi connectivity index (χ0) is 12.8. The number of hydrogen-bond acceptors (Lipinski definition) is 3. The van der Waals surface area contributed by atoms with E-state index in [0.29, 0.717) is 6.54 Å². The molecule has 1 aromatic rings. The van der Waals surface area contributed by atoms with Crippen molar-refractivity contribution in [2.24, 2.45) is 11.1 Å². The largest absolute Gasteiger partial charge is 0.337 e. The Morgan fingerprint density at radius 2 is 2.32 bits per heavy atom. The van der Waals surface area contributed by atoms with Crippen LogP contribution in [0, 0.1) is 5.41 Å². The van der Waals surface area contributed by atoms with E-state index in [4.69, 9.17) is 5.73 Å². The van der Waals surface area contributed by atoms with Crippen LogP contribution in [0.15, 0.2) is 6.07 Å². The van der Waals surface area contributed by atoms with E-state index < -0.39 is 0 Å². The molecule has 0 spiro atoms. The zero-order valence-electron chi connectivity index (χ0n) is 11.3. The monoisotopic (exact) mass is 300 g/mol. The molecule has 1 aliphatic carbocycles. The molecule has 19 heavy (non-hydrogen) atoms. The molecule has 3 nitrogen and oxygen atoms in total. The fourth-order valence-electron chi connectivity index (χ4n) is 2.95. The number of aryl methyl sites for hydroxylation is 2. The van der Waals surface area contributed by atoms with Gasteiger partial charge in [-0.15, -0.1) is 23.7 Å². The Kier molecular flexibility index (Phi) is 4.23. The van der Waals surface area contributed by atoms with Crippen LogP contribution in [0.2, 0.25) is 0 Å². The van der Waals surface area contributed by atoms with Crippen LogP contribution in [0.4, 0.5) is 0 Å². The highest BCUT2D eigenvalue weighted by atomic mass is 35.5. The van der Waals surface area contributed by atoms with Gasteiger partial charge in [-0.2, -0.15) is 0 Å². The quantitative estimate of drug-likeness (QED) is 0.912. The second kappa shape index (κ2) is 5.43. The van der Waals surface area contributed by atoms with Gasteiger partial charge in [0.05, 0.1) is 4.88 Å². The Balaban J connectivity index is 0.00000133. The summed E-state index contributed by atoms with van der Waals surface area (Å²) in [5.41, 5.74) is 7.32. The predicted molar refractivity (Wildman–Crippen MR) is 81.3 cm³/mol. The number of hydrogen-bond donors (Lipinski definition) is 1. The van der Waals surface area contributed by atoms with Crippen LogP contribution in [0.5, 0.6) is 0 Å². The summed E-state index contributed by atoms with van der Waals surface area (Å²) in [6, 6.07) is 2.12. The van der Waals surface area contributed by atoms with Gasteiger partial charge in [0.25, 0.3) is 5.91 Å². The van der Waals surface area contributed by atoms with Crippen molar-refractivity contribution in [3.8, 4) is 0 Å². The zero-order valence-corrected chi connectivity index (χ0v) is 12.9. The molecule has 2 aliphatic rings. The minimum absolute atomic E-state index is 0. The fraction of sp³-hybridized carbons (Fsp3) is 0.643. The lowest BCUT2D eigenvalue weighted by Crippen LogP contribution is -2.34. The molecule has 1 amide bonds. The number of carbonyl (C=O) groups is 1. The molecule has 0 bridgehead atoms. The van der Waals surface area contributed by atoms with E-state index in [1.807, 2.05) is 4.90 Å². The number of likely N-dealkylation sites (tertiary alicyclic amines) is 1. The lowest BCUT2D eigenvalue weighted by atomic mass is 9.90. The highest BCUT2D eigenvalue weighted by molar-refractivity contribution is 7.14. The van der Waals surface area contributed by atoms with Crippen LogP contribution in [0.1, 0.15) is 39.9 Å². The molecule has 1 atom stereocenters. The van der Waals surface area contributed by atoms with Crippen molar-refractivity contribution in [2.75, 3.05) is 19.6 Å². The molecular weight excluding hydrogens is 280 g/mol. The number of nitrogens with two attached hydrogens (primary N) is 1. The SMILES string of the molecule is CC1(CN)CCN(C(=O)c2cc3c(s2)CCC3)C1.Cl. The van der Waals surface area contributed by atoms with E-state index in [2.05, 4.69) is 13.0 Å². The maximum Gasteiger partial charge on any atom is 0.263 e. The van der Waals surface area contributed by atoms with Crippen molar-refractivity contribution >= 4 is 29.7 Å². The minimum Gasteiger partial charge on any atom is -0.337 e. The normalized spacial score (nSPS) is 25.3. The number of thiophene rings is 1. The smallest absolute Gasteiger partial charge is 0.263 e. The molecule has 0 radical (unpaired) electrons. The van der Waals surface area contributed by atoms with Crippen LogP contribution in [0.25, 0.3) is 0 Å². The number of nitrogens with zero attached hydrogens (tertiary/aromatic N) is 1. The Morgan fingerprint density at radius 3 is 2.95 bits per heavy atom. The van der Waals surface area contributed by atoms with Gasteiger partial charge in [0.2, 0.25) is 0 Å². The molecule has 5 heteroatoms. The number of halogens is 1. The molecule has 1 unspecified atom stereocenters. The van der Waals surface area contributed by atoms with E-state index in [9.17, 15) is 4.79 Å². The van der Waals surface area contributed by atoms with Gasteiger partial charge < -0.3 is 10.6 Å². The van der Waals surface area contributed by atoms with Crippen molar-refractivity contribution in [1.29, 1.82) is 0 Å². The van der Waals surface area contributed by atoms with E-state index in [0.717, 1.165) is 37.2 Å². The van der Waals surface area contributed by atoms with Gasteiger partial charge in [-0.25, -0.2) is 0 Å². The summed E-state index contributed by atoms with van der Waals surface area (Å²) >= 11 is 1.70. The van der Waals surface area contributed by atoms with Crippen molar-refractivity contribution in [3.05, 3.63) is 21.4 Å². The molecule has 0 saturated carbocycles. The first-order valence-corrected chi connectivity index (χ1v) is 7.54. The van der Waals surface area contributed by atoms with Crippen LogP contribution in [-0.4, -0.2) is 30.4 Å². The van der Waals surface area contributed by atoms with Crippen LogP contribution in [0.3, 0.4) is 0 Å². The van der Waals surface area contributed by atoms with Gasteiger partial charge in [-0.3, -0.25) is 4.79 Å². The standard InChI is InChI=1S/C14H20N2OS.ClH/c1-14(8-15)5-6-16(9-14)13(17)12-7-10-3-2-4-11(10)18-12;/h7H,2-6,8-9,15H2,1H3;1H. The summed E-state index contributed by atoms with van der Waals surface area (Å²) in [6.45, 7) is 4.51. The second-order valence-electron chi connectivity index (χ2n) is 5.90. The summed E-state index contributed by atoms with van der Waals surface area (Å²) in [5, 5.41) is 0. The van der Waals surface area contributed by atoms with E-state index in [1.165, 1.54) is 16.9 Å². The molecule has 2 heterocycles. The Bertz CT molecular complexity index is 466. The fourth-order valence-corrected chi connectivity index (χ4v) is 4.18. The molecule has 1 aliphatic heterocycles. The number of carbonyl (C=O) groups excluding carboxylic acids is 1. The van der Waals surface area contributed by atoms with Gasteiger partial charge >= 0.3 is 0 Å². The summed E-state index contributed by atoms with van der Waals surface area (Å²) in [5.74, 6) is 0.214. The third kappa shape index (κ3) is 2.67. The first-order chi connectivity index (χ1) is 8.61. The van der Waals surface area contributed by atoms with Crippen molar-refractivity contribution in [2.45, 2.75) is 32.6 Å². The van der Waals surface area contributed by atoms with Crippen LogP contribution < -0.4 is 5.73 Å². The summed E-state index contributed by atoms with van der Waals surface area (Å²) < 4.78 is 0. The van der Waals surface area contributed by atoms with Gasteiger partial charge in [0, 0.05) is 18.0 Å². The maximum atomic E-state index is 12.5. The topological polar surface area (TPSA) is 46.3 Å². The number of fused-ring (bicyclic) bond motifs is 1. The molecule has 3 rings (SSSR count). The van der Waals surface area contributed by atoms with Crippen LogP contribution >= 0.6 is 23.7 Å². The Labute approximate surface area is 124 Å². The third-order valence-electron chi connectivity index (χ3n) is 4.30. The van der Waals surface area contributed by atoms with Gasteiger partial charge in [-0.1, -0.05) is 6.92 Å². The van der Waals surface area contributed by atoms with E-state index in [1.54, 1.807) is 11.3 Å². The lowest BCUT2D eigenvalue weighted by molar-refractivity contribution is 0.0781.